The Morgan fingerprint density at radius 3 is 2.29 bits per heavy atom. The van der Waals surface area contributed by atoms with E-state index < -0.39 is 6.29 Å². The van der Waals surface area contributed by atoms with Gasteiger partial charge in [0.25, 0.3) is 0 Å². The fourth-order valence-corrected chi connectivity index (χ4v) is 10.5. The minimum atomic E-state index is -0.505. The number of amides is 2. The van der Waals surface area contributed by atoms with E-state index in [9.17, 15) is 9.90 Å². The molecular weight excluding hydrogens is 638 g/mol. The van der Waals surface area contributed by atoms with Crippen molar-refractivity contribution in [3.8, 4) is 11.1 Å². The van der Waals surface area contributed by atoms with E-state index in [0.717, 1.165) is 96.5 Å². The van der Waals surface area contributed by atoms with E-state index in [0.29, 0.717) is 12.6 Å². The topological polar surface area (TPSA) is 92.3 Å². The lowest BCUT2D eigenvalue weighted by Crippen LogP contribution is -2.61. The van der Waals surface area contributed by atoms with Crippen molar-refractivity contribution in [2.24, 2.45) is 23.7 Å². The average molecular weight is 694 g/mol. The molecule has 2 aliphatic heterocycles. The van der Waals surface area contributed by atoms with Gasteiger partial charge in [0.2, 0.25) is 0 Å². The van der Waals surface area contributed by atoms with E-state index in [1.165, 1.54) is 25.7 Å². The number of methoxy groups -OCH3 is 1. The minimum Gasteiger partial charge on any atom is -0.392 e. The number of aliphatic hydroxyl groups excluding tert-OH is 1. The second-order valence-corrected chi connectivity index (χ2v) is 16.4. The van der Waals surface area contributed by atoms with Gasteiger partial charge in [-0.2, -0.15) is 0 Å². The van der Waals surface area contributed by atoms with Gasteiger partial charge in [0.15, 0.2) is 6.29 Å². The number of ether oxygens (including phenoxy) is 3. The van der Waals surface area contributed by atoms with Gasteiger partial charge in [-0.15, -0.1) is 0 Å². The number of likely N-dealkylation sites (tertiary alicyclic amines) is 1. The lowest BCUT2D eigenvalue weighted by Gasteiger charge is -2.56. The summed E-state index contributed by atoms with van der Waals surface area (Å²) in [4.78, 5) is 15.6. The molecule has 2 saturated heterocycles. The van der Waals surface area contributed by atoms with Crippen LogP contribution in [0.1, 0.15) is 92.9 Å². The van der Waals surface area contributed by atoms with Crippen LogP contribution in [0.15, 0.2) is 72.8 Å². The number of carbonyl (C=O) groups excluding carboxylic acids is 1. The molecule has 3 N–H and O–H groups in total. The van der Waals surface area contributed by atoms with E-state index in [-0.39, 0.29) is 36.3 Å². The first-order chi connectivity index (χ1) is 24.9. The summed E-state index contributed by atoms with van der Waals surface area (Å²) in [5, 5.41) is 16.2. The number of hydrogen-bond donors (Lipinski definition) is 3. The Balaban J connectivity index is 0.939. The average Bonchev–Trinajstić information content (AvgIpc) is 3.57. The van der Waals surface area contributed by atoms with E-state index in [1.54, 1.807) is 7.11 Å². The van der Waals surface area contributed by atoms with Gasteiger partial charge in [-0.1, -0.05) is 73.7 Å². The minimum absolute atomic E-state index is 0.0113. The molecule has 5 unspecified atom stereocenters. The predicted octanol–water partition coefficient (Wildman–Crippen LogP) is 7.52. The highest BCUT2D eigenvalue weighted by Gasteiger charge is 2.51. The van der Waals surface area contributed by atoms with Crippen molar-refractivity contribution in [2.75, 3.05) is 26.8 Å². The van der Waals surface area contributed by atoms with Gasteiger partial charge in [0.05, 0.1) is 25.4 Å². The number of benzene rings is 3. The summed E-state index contributed by atoms with van der Waals surface area (Å²) in [6.45, 7) is 5.37. The second-order valence-electron chi connectivity index (χ2n) is 16.4. The van der Waals surface area contributed by atoms with Gasteiger partial charge >= 0.3 is 6.03 Å². The number of aliphatic hydroxyl groups is 1. The van der Waals surface area contributed by atoms with Crippen LogP contribution in [0.5, 0.6) is 0 Å². The zero-order chi connectivity index (χ0) is 35.0. The molecule has 4 bridgehead atoms. The highest BCUT2D eigenvalue weighted by molar-refractivity contribution is 5.75. The normalized spacial score (nSPS) is 33.0. The fraction of sp³-hybridized carbons (Fsp3) is 0.558. The highest BCUT2D eigenvalue weighted by atomic mass is 16.7. The summed E-state index contributed by atoms with van der Waals surface area (Å²) in [6, 6.07) is 25.5. The van der Waals surface area contributed by atoms with Crippen molar-refractivity contribution in [3.63, 3.8) is 0 Å². The smallest absolute Gasteiger partial charge is 0.315 e. The maximum absolute atomic E-state index is 13.1. The highest BCUT2D eigenvalue weighted by Crippen LogP contribution is 2.55. The Bertz CT molecular complexity index is 1610. The van der Waals surface area contributed by atoms with Crippen LogP contribution in [0.25, 0.3) is 11.1 Å². The van der Waals surface area contributed by atoms with Crippen molar-refractivity contribution in [1.82, 2.24) is 15.5 Å². The van der Waals surface area contributed by atoms with Crippen LogP contribution in [0.4, 0.5) is 4.79 Å². The summed E-state index contributed by atoms with van der Waals surface area (Å²) >= 11 is 0. The number of rotatable bonds is 11. The van der Waals surface area contributed by atoms with E-state index in [1.807, 2.05) is 12.1 Å². The largest absolute Gasteiger partial charge is 0.392 e. The molecule has 0 spiro atoms. The van der Waals surface area contributed by atoms with Crippen molar-refractivity contribution in [2.45, 2.75) is 102 Å². The third-order valence-corrected chi connectivity index (χ3v) is 12.7. The molecule has 8 heteroatoms. The Labute approximate surface area is 303 Å². The lowest BCUT2D eigenvalue weighted by molar-refractivity contribution is -0.276. The van der Waals surface area contributed by atoms with Crippen LogP contribution in [0.3, 0.4) is 0 Å². The SMILES string of the molecule is COCC1CCCN1CC1OC(c2ccc(-c3cccc(CNC(=O)NC45CC6CC(CC(C6)C4)C5)c3)cc2)OC(c2ccc(CO)cc2)C1C. The van der Waals surface area contributed by atoms with Crippen molar-refractivity contribution < 1.29 is 24.1 Å². The molecule has 0 aromatic heterocycles. The van der Waals surface area contributed by atoms with Crippen molar-refractivity contribution in [1.29, 1.82) is 0 Å². The molecule has 6 aliphatic rings. The van der Waals surface area contributed by atoms with Crippen molar-refractivity contribution in [3.05, 3.63) is 95.1 Å². The summed E-state index contributed by atoms with van der Waals surface area (Å²) in [6.07, 6.45) is 9.21. The van der Waals surface area contributed by atoms with E-state index in [4.69, 9.17) is 14.2 Å². The van der Waals surface area contributed by atoms with E-state index >= 15 is 0 Å². The first kappa shape index (κ1) is 34.8. The zero-order valence-corrected chi connectivity index (χ0v) is 30.3. The summed E-state index contributed by atoms with van der Waals surface area (Å²) < 4.78 is 19.1. The Morgan fingerprint density at radius 1 is 0.902 bits per heavy atom. The maximum atomic E-state index is 13.1. The molecule has 272 valence electrons. The quantitative estimate of drug-likeness (QED) is 0.193. The fourth-order valence-electron chi connectivity index (χ4n) is 10.5. The second kappa shape index (κ2) is 15.0. The molecule has 0 radical (unpaired) electrons. The standard InChI is InChI=1S/C43H55N3O5/c1-28-39(25-46-16-4-7-38(46)27-49-2)50-41(51-40(28)35-10-8-29(26-47)9-11-35)36-14-12-34(13-15-36)37-6-3-5-30(20-37)24-44-42(48)45-43-21-31-17-32(22-43)19-33(18-31)23-43/h3,5-6,8-15,20,28,31-33,38-41,47H,4,7,16-19,21-27H2,1-2H3,(H2,44,45,48). The zero-order valence-electron chi connectivity index (χ0n) is 30.3. The Morgan fingerprint density at radius 2 is 1.61 bits per heavy atom. The molecule has 4 saturated carbocycles. The number of urea groups is 1. The van der Waals surface area contributed by atoms with Crippen molar-refractivity contribution >= 4 is 6.03 Å². The van der Waals surface area contributed by atoms with Gasteiger partial charge in [-0.3, -0.25) is 4.90 Å². The number of carbonyl (C=O) groups is 1. The number of nitrogens with zero attached hydrogens (tertiary/aromatic N) is 1. The summed E-state index contributed by atoms with van der Waals surface area (Å²) in [5.74, 6) is 2.54. The van der Waals surface area contributed by atoms with Gasteiger partial charge in [-0.25, -0.2) is 4.79 Å². The third kappa shape index (κ3) is 7.63. The Kier molecular flexibility index (Phi) is 10.2. The van der Waals surface area contributed by atoms with Gasteiger partial charge < -0.3 is 30.0 Å². The van der Waals surface area contributed by atoms with Crippen LogP contribution in [0.2, 0.25) is 0 Å². The Hall–Kier alpha value is -3.27. The molecule has 2 amide bonds. The van der Waals surface area contributed by atoms with Crippen LogP contribution >= 0.6 is 0 Å². The van der Waals surface area contributed by atoms with Crippen LogP contribution in [-0.4, -0.2) is 60.5 Å². The molecular formula is C43H55N3O5. The van der Waals surface area contributed by atoms with Gasteiger partial charge in [0.1, 0.15) is 0 Å². The number of nitrogens with one attached hydrogen (secondary N) is 2. The van der Waals surface area contributed by atoms with E-state index in [2.05, 4.69) is 83.1 Å². The lowest BCUT2D eigenvalue weighted by atomic mass is 9.53. The first-order valence-electron chi connectivity index (χ1n) is 19.4. The monoisotopic (exact) mass is 693 g/mol. The molecule has 6 fully saturated rings. The predicted molar refractivity (Wildman–Crippen MR) is 198 cm³/mol. The third-order valence-electron chi connectivity index (χ3n) is 12.7. The summed E-state index contributed by atoms with van der Waals surface area (Å²) in [5.41, 5.74) is 6.29. The molecule has 9 rings (SSSR count). The molecule has 2 heterocycles. The molecule has 3 aromatic rings. The molecule has 8 nitrogen and oxygen atoms in total. The van der Waals surface area contributed by atoms with Crippen LogP contribution < -0.4 is 10.6 Å². The summed E-state index contributed by atoms with van der Waals surface area (Å²) in [7, 11) is 1.78. The first-order valence-corrected chi connectivity index (χ1v) is 19.4. The molecule has 4 aliphatic carbocycles. The molecule has 51 heavy (non-hydrogen) atoms. The van der Waals surface area contributed by atoms with Gasteiger partial charge in [0, 0.05) is 43.3 Å². The van der Waals surface area contributed by atoms with Crippen LogP contribution in [-0.2, 0) is 27.4 Å². The van der Waals surface area contributed by atoms with Crippen LogP contribution in [0, 0.1) is 23.7 Å². The molecule has 5 atom stereocenters. The molecule has 3 aromatic carbocycles. The van der Waals surface area contributed by atoms with Gasteiger partial charge in [-0.05, 0) is 110 Å². The number of hydrogen-bond acceptors (Lipinski definition) is 6. The maximum Gasteiger partial charge on any atom is 0.315 e.